The van der Waals surface area contributed by atoms with Crippen molar-refractivity contribution in [3.05, 3.63) is 63.8 Å². The van der Waals surface area contributed by atoms with Crippen LogP contribution in [0, 0.1) is 18.6 Å². The Morgan fingerprint density at radius 2 is 2.03 bits per heavy atom. The standard InChI is InChI=1S/C21H19F2N5O3/c1-4-11-7-12(8-15-17(11)31-21(29)27-15)25-19-10(2)9-24-20(28-19)26-14-6-5-13(22)18(30-3)16(14)23/h5-9H,4H2,1-3H3,(H,27,29)(H2,24,25,26,28). The number of H-pyrrole nitrogens is 1. The molecule has 0 atom stereocenters. The third-order valence-corrected chi connectivity index (χ3v) is 4.71. The van der Waals surface area contributed by atoms with Gasteiger partial charge in [0.05, 0.1) is 18.3 Å². The number of nitrogens with one attached hydrogen (secondary N) is 3. The van der Waals surface area contributed by atoms with Gasteiger partial charge in [0.25, 0.3) is 0 Å². The van der Waals surface area contributed by atoms with Gasteiger partial charge < -0.3 is 19.8 Å². The molecular formula is C21H19F2N5O3. The molecule has 0 unspecified atom stereocenters. The summed E-state index contributed by atoms with van der Waals surface area (Å²) < 4.78 is 38.0. The zero-order valence-corrected chi connectivity index (χ0v) is 17.0. The van der Waals surface area contributed by atoms with E-state index in [0.717, 1.165) is 17.2 Å². The number of hydrogen-bond acceptors (Lipinski definition) is 7. The van der Waals surface area contributed by atoms with Crippen LogP contribution in [0.2, 0.25) is 0 Å². The number of aromatic amines is 1. The number of aromatic nitrogens is 3. The molecule has 2 heterocycles. The molecule has 160 valence electrons. The van der Waals surface area contributed by atoms with Crippen LogP contribution in [0.3, 0.4) is 0 Å². The van der Waals surface area contributed by atoms with Crippen LogP contribution in [0.25, 0.3) is 11.1 Å². The summed E-state index contributed by atoms with van der Waals surface area (Å²) in [6, 6.07) is 5.92. The molecule has 3 N–H and O–H groups in total. The fourth-order valence-corrected chi connectivity index (χ4v) is 3.17. The fraction of sp³-hybridized carbons (Fsp3) is 0.190. The van der Waals surface area contributed by atoms with Crippen molar-refractivity contribution in [3.8, 4) is 5.75 Å². The number of methoxy groups -OCH3 is 1. The Hall–Kier alpha value is -3.95. The maximum Gasteiger partial charge on any atom is 0.417 e. The highest BCUT2D eigenvalue weighted by Gasteiger charge is 2.16. The van der Waals surface area contributed by atoms with Crippen molar-refractivity contribution in [3.63, 3.8) is 0 Å². The molecule has 0 aliphatic heterocycles. The Balaban J connectivity index is 1.66. The zero-order chi connectivity index (χ0) is 22.1. The Morgan fingerprint density at radius 1 is 1.23 bits per heavy atom. The van der Waals surface area contributed by atoms with E-state index < -0.39 is 23.1 Å². The summed E-state index contributed by atoms with van der Waals surface area (Å²) in [6.07, 6.45) is 2.23. The first kappa shape index (κ1) is 20.3. The average molecular weight is 427 g/mol. The number of nitrogens with zero attached hydrogens (tertiary/aromatic N) is 2. The third-order valence-electron chi connectivity index (χ3n) is 4.71. The molecule has 4 aromatic rings. The van der Waals surface area contributed by atoms with Crippen LogP contribution < -0.4 is 21.1 Å². The lowest BCUT2D eigenvalue weighted by atomic mass is 10.1. The Bertz CT molecular complexity index is 1330. The predicted octanol–water partition coefficient (Wildman–Crippen LogP) is 4.56. The van der Waals surface area contributed by atoms with Crippen molar-refractivity contribution in [2.75, 3.05) is 17.7 Å². The van der Waals surface area contributed by atoms with E-state index in [-0.39, 0.29) is 11.6 Å². The first-order chi connectivity index (χ1) is 14.9. The van der Waals surface area contributed by atoms with Gasteiger partial charge in [-0.1, -0.05) is 6.92 Å². The van der Waals surface area contributed by atoms with Crippen LogP contribution in [0.15, 0.2) is 39.7 Å². The molecule has 2 aromatic heterocycles. The zero-order valence-electron chi connectivity index (χ0n) is 17.0. The molecule has 0 aliphatic rings. The molecule has 0 radical (unpaired) electrons. The van der Waals surface area contributed by atoms with Crippen molar-refractivity contribution in [2.24, 2.45) is 0 Å². The second-order valence-electron chi connectivity index (χ2n) is 6.80. The van der Waals surface area contributed by atoms with Gasteiger partial charge in [-0.15, -0.1) is 0 Å². The molecule has 0 spiro atoms. The second kappa shape index (κ2) is 8.05. The maximum absolute atomic E-state index is 14.4. The molecular weight excluding hydrogens is 408 g/mol. The molecule has 2 aromatic carbocycles. The minimum atomic E-state index is -0.886. The Kier molecular flexibility index (Phi) is 5.28. The normalized spacial score (nSPS) is 11.0. The number of ether oxygens (including phenoxy) is 1. The van der Waals surface area contributed by atoms with E-state index in [4.69, 9.17) is 9.15 Å². The topological polar surface area (TPSA) is 105 Å². The summed E-state index contributed by atoms with van der Waals surface area (Å²) in [5.74, 6) is -2.14. The maximum atomic E-state index is 14.4. The van der Waals surface area contributed by atoms with E-state index in [2.05, 4.69) is 25.6 Å². The number of anilines is 4. The molecule has 0 aliphatic carbocycles. The van der Waals surface area contributed by atoms with Gasteiger partial charge in [0, 0.05) is 17.4 Å². The van der Waals surface area contributed by atoms with E-state index in [9.17, 15) is 13.6 Å². The first-order valence-electron chi connectivity index (χ1n) is 9.45. The largest absolute Gasteiger partial charge is 0.491 e. The highest BCUT2D eigenvalue weighted by molar-refractivity contribution is 5.82. The number of halogens is 2. The van der Waals surface area contributed by atoms with Crippen LogP contribution in [-0.2, 0) is 6.42 Å². The number of oxazole rings is 1. The summed E-state index contributed by atoms with van der Waals surface area (Å²) in [5.41, 5.74) is 3.32. The van der Waals surface area contributed by atoms with Gasteiger partial charge in [0.2, 0.25) is 5.95 Å². The number of rotatable bonds is 6. The summed E-state index contributed by atoms with van der Waals surface area (Å²) >= 11 is 0. The number of hydrogen-bond donors (Lipinski definition) is 3. The van der Waals surface area contributed by atoms with Crippen LogP contribution in [-0.4, -0.2) is 22.1 Å². The lowest BCUT2D eigenvalue weighted by molar-refractivity contribution is 0.361. The minimum Gasteiger partial charge on any atom is -0.491 e. The monoisotopic (exact) mass is 427 g/mol. The van der Waals surface area contributed by atoms with Gasteiger partial charge >= 0.3 is 5.76 Å². The summed E-state index contributed by atoms with van der Waals surface area (Å²) in [7, 11) is 1.18. The summed E-state index contributed by atoms with van der Waals surface area (Å²) in [6.45, 7) is 3.77. The SMILES string of the molecule is CCc1cc(Nc2nc(Nc3ccc(F)c(OC)c3F)ncc2C)cc2[nH]c(=O)oc12. The molecule has 8 nitrogen and oxygen atoms in total. The number of aryl methyl sites for hydroxylation is 2. The Labute approximate surface area is 175 Å². The minimum absolute atomic E-state index is 0.0290. The number of fused-ring (bicyclic) bond motifs is 1. The fourth-order valence-electron chi connectivity index (χ4n) is 3.17. The molecule has 31 heavy (non-hydrogen) atoms. The van der Waals surface area contributed by atoms with Crippen LogP contribution in [0.1, 0.15) is 18.1 Å². The molecule has 0 saturated heterocycles. The van der Waals surface area contributed by atoms with Crippen molar-refractivity contribution in [1.82, 2.24) is 15.0 Å². The lowest BCUT2D eigenvalue weighted by Crippen LogP contribution is -2.05. The Morgan fingerprint density at radius 3 is 2.77 bits per heavy atom. The predicted molar refractivity (Wildman–Crippen MR) is 112 cm³/mol. The molecule has 4 rings (SSSR count). The van der Waals surface area contributed by atoms with E-state index in [1.165, 1.54) is 13.2 Å². The van der Waals surface area contributed by atoms with Gasteiger partial charge in [-0.25, -0.2) is 18.6 Å². The van der Waals surface area contributed by atoms with Crippen molar-refractivity contribution in [1.29, 1.82) is 0 Å². The quantitative estimate of drug-likeness (QED) is 0.414. The van der Waals surface area contributed by atoms with E-state index >= 15 is 0 Å². The highest BCUT2D eigenvalue weighted by Crippen LogP contribution is 2.30. The molecule has 0 amide bonds. The van der Waals surface area contributed by atoms with Crippen molar-refractivity contribution < 1.29 is 17.9 Å². The summed E-state index contributed by atoms with van der Waals surface area (Å²) in [5, 5.41) is 5.92. The average Bonchev–Trinajstić information content (AvgIpc) is 3.12. The van der Waals surface area contributed by atoms with Gasteiger partial charge in [0.15, 0.2) is 23.0 Å². The number of benzene rings is 2. The molecule has 0 fully saturated rings. The second-order valence-corrected chi connectivity index (χ2v) is 6.80. The summed E-state index contributed by atoms with van der Waals surface area (Å²) in [4.78, 5) is 22.8. The van der Waals surface area contributed by atoms with Gasteiger partial charge in [-0.3, -0.25) is 4.98 Å². The van der Waals surface area contributed by atoms with Gasteiger partial charge in [-0.2, -0.15) is 4.98 Å². The van der Waals surface area contributed by atoms with Gasteiger partial charge in [0.1, 0.15) is 5.82 Å². The van der Waals surface area contributed by atoms with E-state index in [0.29, 0.717) is 29.0 Å². The highest BCUT2D eigenvalue weighted by atomic mass is 19.1. The molecule has 10 heteroatoms. The van der Waals surface area contributed by atoms with Crippen molar-refractivity contribution in [2.45, 2.75) is 20.3 Å². The van der Waals surface area contributed by atoms with Crippen molar-refractivity contribution >= 4 is 34.2 Å². The van der Waals surface area contributed by atoms with Crippen LogP contribution in [0.4, 0.5) is 31.9 Å². The third kappa shape index (κ3) is 3.91. The van der Waals surface area contributed by atoms with Gasteiger partial charge in [-0.05, 0) is 43.2 Å². The first-order valence-corrected chi connectivity index (χ1v) is 9.45. The lowest BCUT2D eigenvalue weighted by Gasteiger charge is -2.13. The van der Waals surface area contributed by atoms with E-state index in [1.54, 1.807) is 12.3 Å². The van der Waals surface area contributed by atoms with Crippen LogP contribution in [0.5, 0.6) is 5.75 Å². The molecule has 0 bridgehead atoms. The van der Waals surface area contributed by atoms with E-state index in [1.807, 2.05) is 19.9 Å². The van der Waals surface area contributed by atoms with Crippen LogP contribution >= 0.6 is 0 Å². The smallest absolute Gasteiger partial charge is 0.417 e. The molecule has 0 saturated carbocycles.